The first-order chi connectivity index (χ1) is 8.06. The van der Waals surface area contributed by atoms with Crippen LogP contribution in [-0.2, 0) is 16.0 Å². The van der Waals surface area contributed by atoms with Crippen molar-refractivity contribution < 1.29 is 9.59 Å². The number of amides is 2. The molecule has 1 fully saturated rings. The molecule has 2 rings (SSSR count). The zero-order chi connectivity index (χ0) is 12.4. The third-order valence-electron chi connectivity index (χ3n) is 2.50. The summed E-state index contributed by atoms with van der Waals surface area (Å²) in [5.41, 5.74) is 0.849. The molecule has 4 nitrogen and oxygen atoms in total. The molecule has 2 amide bonds. The molecule has 2 N–H and O–H groups in total. The van der Waals surface area contributed by atoms with Crippen LogP contribution < -0.4 is 10.6 Å². The molecule has 0 spiro atoms. The molecular weight excluding hydrogens is 263 g/mol. The third kappa shape index (κ3) is 2.90. The van der Waals surface area contributed by atoms with Gasteiger partial charge in [0.15, 0.2) is 0 Å². The highest BCUT2D eigenvalue weighted by atomic mass is 35.5. The van der Waals surface area contributed by atoms with Gasteiger partial charge < -0.3 is 10.6 Å². The lowest BCUT2D eigenvalue weighted by Crippen LogP contribution is -2.56. The quantitative estimate of drug-likeness (QED) is 0.849. The lowest BCUT2D eigenvalue weighted by molar-refractivity contribution is -0.133. The fraction of sp³-hybridized carbons (Fsp3) is 0.273. The molecule has 6 heteroatoms. The SMILES string of the molecule is O=C1CNC(=O)[C@H](Cc2ccc(Cl)c(Cl)c2)N1. The van der Waals surface area contributed by atoms with Gasteiger partial charge in [0.1, 0.15) is 6.04 Å². The normalized spacial score (nSPS) is 19.8. The Bertz CT molecular complexity index is 477. The van der Waals surface area contributed by atoms with Crippen molar-refractivity contribution in [2.75, 3.05) is 6.54 Å². The molecule has 1 heterocycles. The highest BCUT2D eigenvalue weighted by molar-refractivity contribution is 6.42. The van der Waals surface area contributed by atoms with Gasteiger partial charge in [-0.3, -0.25) is 9.59 Å². The molecule has 1 aliphatic heterocycles. The molecule has 1 atom stereocenters. The van der Waals surface area contributed by atoms with Crippen LogP contribution in [0.15, 0.2) is 18.2 Å². The van der Waals surface area contributed by atoms with E-state index in [4.69, 9.17) is 23.2 Å². The summed E-state index contributed by atoms with van der Waals surface area (Å²) in [7, 11) is 0. The second kappa shape index (κ2) is 4.94. The number of carbonyl (C=O) groups is 2. The maximum absolute atomic E-state index is 11.5. The van der Waals surface area contributed by atoms with E-state index >= 15 is 0 Å². The van der Waals surface area contributed by atoms with Crippen molar-refractivity contribution in [1.82, 2.24) is 10.6 Å². The van der Waals surface area contributed by atoms with Crippen LogP contribution in [-0.4, -0.2) is 24.4 Å². The summed E-state index contributed by atoms with van der Waals surface area (Å²) in [6.07, 6.45) is 0.397. The Balaban J connectivity index is 2.11. The van der Waals surface area contributed by atoms with E-state index in [0.29, 0.717) is 16.5 Å². The Kier molecular flexibility index (Phi) is 3.54. The second-order valence-electron chi connectivity index (χ2n) is 3.79. The zero-order valence-electron chi connectivity index (χ0n) is 8.80. The first-order valence-electron chi connectivity index (χ1n) is 5.07. The van der Waals surface area contributed by atoms with Crippen LogP contribution in [0.5, 0.6) is 0 Å². The van der Waals surface area contributed by atoms with Gasteiger partial charge in [0.25, 0.3) is 0 Å². The fourth-order valence-corrected chi connectivity index (χ4v) is 1.97. The minimum absolute atomic E-state index is 0.0384. The summed E-state index contributed by atoms with van der Waals surface area (Å²) < 4.78 is 0. The summed E-state index contributed by atoms with van der Waals surface area (Å²) in [5, 5.41) is 6.04. The molecule has 90 valence electrons. The van der Waals surface area contributed by atoms with Crippen molar-refractivity contribution >= 4 is 35.0 Å². The predicted molar refractivity (Wildman–Crippen MR) is 65.1 cm³/mol. The van der Waals surface area contributed by atoms with Gasteiger partial charge in [0.05, 0.1) is 16.6 Å². The zero-order valence-corrected chi connectivity index (χ0v) is 10.3. The first-order valence-corrected chi connectivity index (χ1v) is 5.83. The Hall–Kier alpha value is -1.26. The van der Waals surface area contributed by atoms with E-state index in [1.807, 2.05) is 0 Å². The van der Waals surface area contributed by atoms with E-state index in [1.54, 1.807) is 18.2 Å². The molecule has 1 aromatic rings. The number of halogens is 2. The average molecular weight is 273 g/mol. The van der Waals surface area contributed by atoms with E-state index in [0.717, 1.165) is 5.56 Å². The van der Waals surface area contributed by atoms with Gasteiger partial charge in [-0.25, -0.2) is 0 Å². The number of rotatable bonds is 2. The van der Waals surface area contributed by atoms with Crippen LogP contribution in [0.25, 0.3) is 0 Å². The van der Waals surface area contributed by atoms with E-state index in [2.05, 4.69) is 10.6 Å². The fourth-order valence-electron chi connectivity index (χ4n) is 1.65. The summed E-state index contributed by atoms with van der Waals surface area (Å²) in [6.45, 7) is 0.0384. The number of nitrogens with one attached hydrogen (secondary N) is 2. The van der Waals surface area contributed by atoms with Crippen molar-refractivity contribution in [2.45, 2.75) is 12.5 Å². The van der Waals surface area contributed by atoms with Crippen molar-refractivity contribution in [2.24, 2.45) is 0 Å². The number of carbonyl (C=O) groups excluding carboxylic acids is 2. The van der Waals surface area contributed by atoms with Gasteiger partial charge in [-0.05, 0) is 17.7 Å². The largest absolute Gasteiger partial charge is 0.345 e. The summed E-state index contributed by atoms with van der Waals surface area (Å²) in [5.74, 6) is -0.370. The van der Waals surface area contributed by atoms with Gasteiger partial charge in [-0.2, -0.15) is 0 Å². The van der Waals surface area contributed by atoms with Gasteiger partial charge >= 0.3 is 0 Å². The van der Waals surface area contributed by atoms with Crippen molar-refractivity contribution in [3.8, 4) is 0 Å². The highest BCUT2D eigenvalue weighted by Crippen LogP contribution is 2.23. The minimum atomic E-state index is -0.548. The molecule has 0 aromatic heterocycles. The highest BCUT2D eigenvalue weighted by Gasteiger charge is 2.25. The van der Waals surface area contributed by atoms with Crippen LogP contribution >= 0.6 is 23.2 Å². The Morgan fingerprint density at radius 3 is 2.71 bits per heavy atom. The number of piperazine rings is 1. The molecule has 17 heavy (non-hydrogen) atoms. The van der Waals surface area contributed by atoms with Gasteiger partial charge in [-0.1, -0.05) is 29.3 Å². The predicted octanol–water partition coefficient (Wildman–Crippen LogP) is 1.15. The van der Waals surface area contributed by atoms with Crippen LogP contribution in [0, 0.1) is 0 Å². The smallest absolute Gasteiger partial charge is 0.243 e. The van der Waals surface area contributed by atoms with E-state index < -0.39 is 6.04 Å². The van der Waals surface area contributed by atoms with Crippen molar-refractivity contribution in [3.05, 3.63) is 33.8 Å². The average Bonchev–Trinajstić information content (AvgIpc) is 2.29. The van der Waals surface area contributed by atoms with Crippen molar-refractivity contribution in [3.63, 3.8) is 0 Å². The topological polar surface area (TPSA) is 58.2 Å². The van der Waals surface area contributed by atoms with Gasteiger partial charge in [0.2, 0.25) is 11.8 Å². The van der Waals surface area contributed by atoms with Gasteiger partial charge in [0, 0.05) is 6.42 Å². The van der Waals surface area contributed by atoms with Crippen LogP contribution in [0.1, 0.15) is 5.56 Å². The molecule has 1 aromatic carbocycles. The summed E-state index contributed by atoms with van der Waals surface area (Å²) >= 11 is 11.7. The van der Waals surface area contributed by atoms with E-state index in [1.165, 1.54) is 0 Å². The minimum Gasteiger partial charge on any atom is -0.345 e. The number of hydrogen-bond donors (Lipinski definition) is 2. The molecule has 0 unspecified atom stereocenters. The molecule has 1 aliphatic rings. The lowest BCUT2D eigenvalue weighted by atomic mass is 10.0. The number of hydrogen-bond acceptors (Lipinski definition) is 2. The second-order valence-corrected chi connectivity index (χ2v) is 4.60. The molecule has 0 saturated carbocycles. The van der Waals surface area contributed by atoms with Crippen LogP contribution in [0.3, 0.4) is 0 Å². The Labute approximate surface area is 108 Å². The lowest BCUT2D eigenvalue weighted by Gasteiger charge is -2.23. The van der Waals surface area contributed by atoms with Crippen LogP contribution in [0.4, 0.5) is 0 Å². The first kappa shape index (κ1) is 12.2. The van der Waals surface area contributed by atoms with Crippen molar-refractivity contribution in [1.29, 1.82) is 0 Å². The Morgan fingerprint density at radius 1 is 1.24 bits per heavy atom. The maximum Gasteiger partial charge on any atom is 0.243 e. The van der Waals surface area contributed by atoms with Crippen LogP contribution in [0.2, 0.25) is 10.0 Å². The molecule has 1 saturated heterocycles. The molecular formula is C11H10Cl2N2O2. The van der Waals surface area contributed by atoms with E-state index in [-0.39, 0.29) is 18.4 Å². The maximum atomic E-state index is 11.5. The Morgan fingerprint density at radius 2 is 2.00 bits per heavy atom. The standard InChI is InChI=1S/C11H10Cl2N2O2/c12-7-2-1-6(3-8(7)13)4-9-11(17)14-5-10(16)15-9/h1-3,9H,4-5H2,(H,14,17)(H,15,16)/t9-/m0/s1. The summed E-state index contributed by atoms with van der Waals surface area (Å²) in [4.78, 5) is 22.7. The van der Waals surface area contributed by atoms with E-state index in [9.17, 15) is 9.59 Å². The van der Waals surface area contributed by atoms with Gasteiger partial charge in [-0.15, -0.1) is 0 Å². The molecule has 0 aliphatic carbocycles. The summed E-state index contributed by atoms with van der Waals surface area (Å²) in [6, 6.07) is 4.59. The molecule has 0 bridgehead atoms. The number of benzene rings is 1. The molecule has 0 radical (unpaired) electrons. The third-order valence-corrected chi connectivity index (χ3v) is 3.24. The monoisotopic (exact) mass is 272 g/mol.